The first-order valence-electron chi connectivity index (χ1n) is 3.85. The Labute approximate surface area is 78.0 Å². The van der Waals surface area contributed by atoms with E-state index in [2.05, 4.69) is 4.74 Å². The number of carbonyl (C=O) groups excluding carboxylic acids is 1. The van der Waals surface area contributed by atoms with Gasteiger partial charge in [0.05, 0.1) is 7.11 Å². The SMILES string of the molecule is COC(=O)SCCC[Si](C)(C)F. The van der Waals surface area contributed by atoms with Gasteiger partial charge in [-0.15, -0.1) is 0 Å². The molecular formula is C7H15FO2SSi. The second-order valence-corrected chi connectivity index (χ2v) is 8.09. The molecule has 0 aliphatic heterocycles. The molecular weight excluding hydrogens is 195 g/mol. The van der Waals surface area contributed by atoms with Crippen molar-refractivity contribution in [3.63, 3.8) is 0 Å². The molecule has 5 heteroatoms. The lowest BCUT2D eigenvalue weighted by molar-refractivity contribution is 0.200. The summed E-state index contributed by atoms with van der Waals surface area (Å²) in [5.74, 6) is 0.660. The van der Waals surface area contributed by atoms with Crippen molar-refractivity contribution in [2.75, 3.05) is 12.9 Å². The number of hydrogen-bond acceptors (Lipinski definition) is 3. The van der Waals surface area contributed by atoms with E-state index in [4.69, 9.17) is 0 Å². The summed E-state index contributed by atoms with van der Waals surface area (Å²) in [6.45, 7) is 3.35. The minimum absolute atomic E-state index is 0.284. The molecule has 0 fully saturated rings. The van der Waals surface area contributed by atoms with Crippen molar-refractivity contribution in [2.45, 2.75) is 25.6 Å². The van der Waals surface area contributed by atoms with E-state index in [0.29, 0.717) is 11.8 Å². The highest BCUT2D eigenvalue weighted by molar-refractivity contribution is 8.13. The maximum Gasteiger partial charge on any atom is 0.367 e. The third-order valence-electron chi connectivity index (χ3n) is 1.30. The van der Waals surface area contributed by atoms with Crippen molar-refractivity contribution in [2.24, 2.45) is 0 Å². The third kappa shape index (κ3) is 8.07. The molecule has 12 heavy (non-hydrogen) atoms. The number of ether oxygens (including phenoxy) is 1. The van der Waals surface area contributed by atoms with Crippen LogP contribution < -0.4 is 0 Å². The number of halogens is 1. The molecule has 0 rings (SSSR count). The van der Waals surface area contributed by atoms with Crippen molar-refractivity contribution in [1.29, 1.82) is 0 Å². The van der Waals surface area contributed by atoms with E-state index in [-0.39, 0.29) is 5.30 Å². The Hall–Kier alpha value is -0.0331. The predicted octanol–water partition coefficient (Wildman–Crippen LogP) is 3.05. The van der Waals surface area contributed by atoms with Gasteiger partial charge in [-0.25, -0.2) is 4.79 Å². The summed E-state index contributed by atoms with van der Waals surface area (Å²) in [6.07, 6.45) is 0.759. The third-order valence-corrected chi connectivity index (χ3v) is 3.74. The molecule has 0 aliphatic carbocycles. The fraction of sp³-hybridized carbons (Fsp3) is 0.857. The topological polar surface area (TPSA) is 26.3 Å². The molecule has 0 unspecified atom stereocenters. The second kappa shape index (κ2) is 5.58. The van der Waals surface area contributed by atoms with E-state index in [0.717, 1.165) is 18.2 Å². The molecule has 0 aromatic heterocycles. The van der Waals surface area contributed by atoms with E-state index in [9.17, 15) is 8.90 Å². The van der Waals surface area contributed by atoms with Crippen LogP contribution in [0.5, 0.6) is 0 Å². The van der Waals surface area contributed by atoms with E-state index in [1.807, 2.05) is 0 Å². The van der Waals surface area contributed by atoms with Crippen molar-refractivity contribution >= 4 is 25.5 Å². The molecule has 2 nitrogen and oxygen atoms in total. The molecule has 0 radical (unpaired) electrons. The molecule has 0 N–H and O–H groups in total. The maximum atomic E-state index is 13.0. The minimum Gasteiger partial charge on any atom is -0.461 e. The largest absolute Gasteiger partial charge is 0.461 e. The van der Waals surface area contributed by atoms with E-state index >= 15 is 0 Å². The Bertz CT molecular complexity index is 147. The Morgan fingerprint density at radius 2 is 2.17 bits per heavy atom. The standard InChI is InChI=1S/C7H15FO2SSi/c1-10-7(9)11-5-4-6-12(2,3)8/h4-6H2,1-3H3. The second-order valence-electron chi connectivity index (χ2n) is 3.12. The van der Waals surface area contributed by atoms with Gasteiger partial charge in [-0.1, -0.05) is 0 Å². The molecule has 0 saturated carbocycles. The Balaban J connectivity index is 3.28. The molecule has 0 spiro atoms. The van der Waals surface area contributed by atoms with Gasteiger partial charge in [0.15, 0.2) is 0 Å². The Morgan fingerprint density at radius 3 is 2.58 bits per heavy atom. The fourth-order valence-electron chi connectivity index (χ4n) is 0.707. The number of carbonyl (C=O) groups is 1. The molecule has 0 amide bonds. The molecule has 0 saturated heterocycles. The Morgan fingerprint density at radius 1 is 1.58 bits per heavy atom. The summed E-state index contributed by atoms with van der Waals surface area (Å²) in [5, 5.41) is -0.284. The van der Waals surface area contributed by atoms with Crippen LogP contribution in [-0.2, 0) is 4.74 Å². The average Bonchev–Trinajstić information content (AvgIpc) is 1.96. The van der Waals surface area contributed by atoms with Crippen LogP contribution in [0.3, 0.4) is 0 Å². The van der Waals surface area contributed by atoms with Crippen LogP contribution in [0.4, 0.5) is 8.90 Å². The summed E-state index contributed by atoms with van der Waals surface area (Å²) in [6, 6.07) is 0.622. The highest BCUT2D eigenvalue weighted by Crippen LogP contribution is 2.16. The normalized spacial score (nSPS) is 11.3. The van der Waals surface area contributed by atoms with Gasteiger partial charge in [-0.05, 0) is 37.3 Å². The zero-order valence-electron chi connectivity index (χ0n) is 7.72. The molecule has 0 aromatic rings. The minimum atomic E-state index is -2.40. The van der Waals surface area contributed by atoms with Gasteiger partial charge in [0.2, 0.25) is 8.41 Å². The van der Waals surface area contributed by atoms with Crippen LogP contribution in [0, 0.1) is 0 Å². The number of methoxy groups -OCH3 is 1. The lowest BCUT2D eigenvalue weighted by atomic mass is 10.6. The van der Waals surface area contributed by atoms with Gasteiger partial charge in [0.1, 0.15) is 0 Å². The number of thioether (sulfide) groups is 1. The van der Waals surface area contributed by atoms with E-state index < -0.39 is 8.41 Å². The molecule has 0 aliphatic rings. The molecule has 0 bridgehead atoms. The van der Waals surface area contributed by atoms with Crippen molar-refractivity contribution in [1.82, 2.24) is 0 Å². The van der Waals surface area contributed by atoms with E-state index in [1.165, 1.54) is 7.11 Å². The quantitative estimate of drug-likeness (QED) is 0.309. The fourth-order valence-corrected chi connectivity index (χ4v) is 2.55. The van der Waals surface area contributed by atoms with Gasteiger partial charge in [-0.3, -0.25) is 0 Å². The van der Waals surface area contributed by atoms with Crippen LogP contribution in [0.25, 0.3) is 0 Å². The summed E-state index contributed by atoms with van der Waals surface area (Å²) < 4.78 is 17.4. The van der Waals surface area contributed by atoms with Crippen LogP contribution in [-0.4, -0.2) is 26.6 Å². The number of hydrogen-bond donors (Lipinski definition) is 0. The van der Waals surface area contributed by atoms with Crippen LogP contribution in [0.2, 0.25) is 19.1 Å². The lowest BCUT2D eigenvalue weighted by Crippen LogP contribution is -2.17. The van der Waals surface area contributed by atoms with Gasteiger partial charge in [0, 0.05) is 5.75 Å². The van der Waals surface area contributed by atoms with E-state index in [1.54, 1.807) is 13.1 Å². The zero-order chi connectivity index (χ0) is 9.61. The highest BCUT2D eigenvalue weighted by Gasteiger charge is 2.19. The molecule has 0 atom stereocenters. The van der Waals surface area contributed by atoms with Crippen molar-refractivity contribution in [3.8, 4) is 0 Å². The zero-order valence-corrected chi connectivity index (χ0v) is 9.54. The summed E-state index contributed by atoms with van der Waals surface area (Å²) in [7, 11) is -1.05. The summed E-state index contributed by atoms with van der Waals surface area (Å²) in [5.41, 5.74) is 0. The van der Waals surface area contributed by atoms with Gasteiger partial charge in [-0.2, -0.15) is 0 Å². The predicted molar refractivity (Wildman–Crippen MR) is 52.9 cm³/mol. The monoisotopic (exact) mass is 210 g/mol. The Kier molecular flexibility index (Phi) is 5.57. The molecule has 0 heterocycles. The number of rotatable bonds is 4. The van der Waals surface area contributed by atoms with Gasteiger partial charge in [0.25, 0.3) is 0 Å². The molecule has 0 aromatic carbocycles. The maximum absolute atomic E-state index is 13.0. The summed E-state index contributed by atoms with van der Waals surface area (Å²) in [4.78, 5) is 10.6. The van der Waals surface area contributed by atoms with Crippen molar-refractivity contribution in [3.05, 3.63) is 0 Å². The first kappa shape index (κ1) is 12.0. The lowest BCUT2D eigenvalue weighted by Gasteiger charge is -2.08. The van der Waals surface area contributed by atoms with Crippen LogP contribution in [0.15, 0.2) is 0 Å². The highest BCUT2D eigenvalue weighted by atomic mass is 32.2. The average molecular weight is 210 g/mol. The van der Waals surface area contributed by atoms with Crippen LogP contribution in [0.1, 0.15) is 6.42 Å². The summed E-state index contributed by atoms with van der Waals surface area (Å²) >= 11 is 1.11. The van der Waals surface area contributed by atoms with Crippen LogP contribution >= 0.6 is 11.8 Å². The first-order chi connectivity index (χ1) is 5.45. The first-order valence-corrected chi connectivity index (χ1v) is 7.92. The van der Waals surface area contributed by atoms with Crippen molar-refractivity contribution < 1.29 is 13.6 Å². The smallest absolute Gasteiger partial charge is 0.367 e. The van der Waals surface area contributed by atoms with Gasteiger partial charge < -0.3 is 8.84 Å². The molecule has 72 valence electrons. The van der Waals surface area contributed by atoms with Gasteiger partial charge >= 0.3 is 5.30 Å².